The van der Waals surface area contributed by atoms with Crippen molar-refractivity contribution in [1.82, 2.24) is 14.7 Å². The molecule has 3 rings (SSSR count). The van der Waals surface area contributed by atoms with Gasteiger partial charge in [0.05, 0.1) is 16.6 Å². The lowest BCUT2D eigenvalue weighted by atomic mass is 9.65. The summed E-state index contributed by atoms with van der Waals surface area (Å²) in [7, 11) is 1.75. The van der Waals surface area contributed by atoms with E-state index in [2.05, 4.69) is 27.0 Å². The lowest BCUT2D eigenvalue weighted by molar-refractivity contribution is -0.144. The zero-order valence-corrected chi connectivity index (χ0v) is 21.1. The zero-order chi connectivity index (χ0) is 24.3. The Kier molecular flexibility index (Phi) is 8.32. The van der Waals surface area contributed by atoms with Gasteiger partial charge in [-0.2, -0.15) is 0 Å². The molecule has 3 unspecified atom stereocenters. The molecular weight excluding hydrogens is 438 g/mol. The molecule has 3 fully saturated rings. The van der Waals surface area contributed by atoms with Crippen LogP contribution in [0.15, 0.2) is 25.3 Å². The van der Waals surface area contributed by atoms with Crippen LogP contribution in [0.5, 0.6) is 0 Å². The van der Waals surface area contributed by atoms with Gasteiger partial charge in [0.2, 0.25) is 17.7 Å². The second-order valence-electron chi connectivity index (χ2n) is 9.60. The summed E-state index contributed by atoms with van der Waals surface area (Å²) in [5.74, 6) is -1.00. The number of amides is 3. The molecule has 3 aliphatic rings. The summed E-state index contributed by atoms with van der Waals surface area (Å²) >= 11 is 1.69. The highest BCUT2D eigenvalue weighted by Gasteiger charge is 2.76. The number of rotatable bonds is 12. The van der Waals surface area contributed by atoms with Gasteiger partial charge in [-0.25, -0.2) is 0 Å². The number of carbonyl (C=O) groups is 3. The molecule has 33 heavy (non-hydrogen) atoms. The standard InChI is InChI=1S/C25H39N3O4S/c1-6-9-13-27(12-8-3)24(32)21-25-17(4)16-18(33-25)19(22(30)26(5)11-7-2)20(25)23(31)28(21)14-10-15-29/h7-8,17-21,29H,2-3,6,9-16H2,1,4-5H3/t17?,18-,19+,20+,21?,25?/m1/s1. The number of likely N-dealkylation sites (tertiary alicyclic amines) is 1. The third-order valence-corrected chi connectivity index (χ3v) is 9.62. The molecule has 3 heterocycles. The van der Waals surface area contributed by atoms with E-state index in [9.17, 15) is 19.5 Å². The van der Waals surface area contributed by atoms with Gasteiger partial charge in [-0.3, -0.25) is 14.4 Å². The summed E-state index contributed by atoms with van der Waals surface area (Å²) in [4.78, 5) is 46.5. The second-order valence-corrected chi connectivity index (χ2v) is 11.1. The third-order valence-electron chi connectivity index (χ3n) is 7.54. The largest absolute Gasteiger partial charge is 0.396 e. The van der Waals surface area contributed by atoms with Crippen molar-refractivity contribution in [3.05, 3.63) is 25.3 Å². The molecular formula is C25H39N3O4S. The third kappa shape index (κ3) is 4.25. The molecule has 1 N–H and O–H groups in total. The fourth-order valence-electron chi connectivity index (χ4n) is 6.07. The molecule has 0 aromatic heterocycles. The molecule has 6 atom stereocenters. The van der Waals surface area contributed by atoms with Crippen LogP contribution in [-0.2, 0) is 14.4 Å². The topological polar surface area (TPSA) is 81.2 Å². The molecule has 3 saturated heterocycles. The molecule has 0 saturated carbocycles. The van der Waals surface area contributed by atoms with Gasteiger partial charge in [-0.1, -0.05) is 32.4 Å². The van der Waals surface area contributed by atoms with Gasteiger partial charge in [-0.05, 0) is 25.2 Å². The van der Waals surface area contributed by atoms with Crippen LogP contribution in [0.3, 0.4) is 0 Å². The summed E-state index contributed by atoms with van der Waals surface area (Å²) in [6.07, 6.45) is 6.50. The number of hydrogen-bond acceptors (Lipinski definition) is 5. The maximum Gasteiger partial charge on any atom is 0.247 e. The summed E-state index contributed by atoms with van der Waals surface area (Å²) in [6, 6.07) is -0.620. The van der Waals surface area contributed by atoms with Crippen molar-refractivity contribution in [2.45, 2.75) is 55.6 Å². The van der Waals surface area contributed by atoms with Crippen LogP contribution in [0, 0.1) is 17.8 Å². The average Bonchev–Trinajstić information content (AvgIpc) is 3.38. The van der Waals surface area contributed by atoms with Crippen molar-refractivity contribution in [2.24, 2.45) is 17.8 Å². The van der Waals surface area contributed by atoms with Crippen LogP contribution in [-0.4, -0.2) is 93.4 Å². The van der Waals surface area contributed by atoms with Crippen LogP contribution in [0.4, 0.5) is 0 Å². The molecule has 0 aromatic carbocycles. The first-order valence-corrected chi connectivity index (χ1v) is 13.0. The normalized spacial score (nSPS) is 32.1. The maximum absolute atomic E-state index is 14.0. The molecule has 184 valence electrons. The Morgan fingerprint density at radius 2 is 1.94 bits per heavy atom. The Bertz CT molecular complexity index is 790. The smallest absolute Gasteiger partial charge is 0.247 e. The fraction of sp³-hybridized carbons (Fsp3) is 0.720. The van der Waals surface area contributed by atoms with E-state index in [-0.39, 0.29) is 35.5 Å². The minimum atomic E-state index is -0.620. The zero-order valence-electron chi connectivity index (χ0n) is 20.2. The summed E-state index contributed by atoms with van der Waals surface area (Å²) in [5.41, 5.74) is 0. The predicted octanol–water partition coefficient (Wildman–Crippen LogP) is 2.17. The van der Waals surface area contributed by atoms with Crippen molar-refractivity contribution in [2.75, 3.05) is 39.8 Å². The number of unbranched alkanes of at least 4 members (excludes halogenated alkanes) is 1. The van der Waals surface area contributed by atoms with Crippen molar-refractivity contribution >= 4 is 29.5 Å². The quantitative estimate of drug-likeness (QED) is 0.436. The summed E-state index contributed by atoms with van der Waals surface area (Å²) in [6.45, 7) is 13.5. The number of thioether (sulfide) groups is 1. The molecule has 1 spiro atoms. The van der Waals surface area contributed by atoms with E-state index in [1.807, 2.05) is 4.90 Å². The maximum atomic E-state index is 14.0. The number of aliphatic hydroxyl groups excluding tert-OH is 1. The first kappa shape index (κ1) is 25.8. The molecule has 3 amide bonds. The molecule has 0 aromatic rings. The monoisotopic (exact) mass is 477 g/mol. The Labute approximate surface area is 202 Å². The lowest BCUT2D eigenvalue weighted by Crippen LogP contribution is -2.57. The van der Waals surface area contributed by atoms with E-state index < -0.39 is 22.6 Å². The van der Waals surface area contributed by atoms with Gasteiger partial charge in [0, 0.05) is 45.1 Å². The van der Waals surface area contributed by atoms with Crippen molar-refractivity contribution in [3.63, 3.8) is 0 Å². The van der Waals surface area contributed by atoms with E-state index in [0.29, 0.717) is 32.6 Å². The highest BCUT2D eigenvalue weighted by Crippen LogP contribution is 2.68. The van der Waals surface area contributed by atoms with Gasteiger partial charge in [0.1, 0.15) is 6.04 Å². The molecule has 0 aliphatic carbocycles. The second kappa shape index (κ2) is 10.6. The fourth-order valence-corrected chi connectivity index (χ4v) is 8.48. The predicted molar refractivity (Wildman–Crippen MR) is 132 cm³/mol. The first-order chi connectivity index (χ1) is 15.8. The number of hydrogen-bond donors (Lipinski definition) is 1. The van der Waals surface area contributed by atoms with Gasteiger partial charge >= 0.3 is 0 Å². The Balaban J connectivity index is 2.04. The average molecular weight is 478 g/mol. The number of likely N-dealkylation sites (N-methyl/N-ethyl adjacent to an activating group) is 1. The van der Waals surface area contributed by atoms with Crippen LogP contribution in [0.2, 0.25) is 0 Å². The molecule has 3 aliphatic heterocycles. The van der Waals surface area contributed by atoms with Gasteiger partial charge in [0.25, 0.3) is 0 Å². The lowest BCUT2D eigenvalue weighted by Gasteiger charge is -2.41. The number of aliphatic hydroxyl groups is 1. The van der Waals surface area contributed by atoms with Gasteiger partial charge < -0.3 is 19.8 Å². The SMILES string of the molecule is C=CCN(C)C(=O)[C@@H]1[C@H]2C(=O)N(CCCO)C(C(=O)N(CC=C)CCCC)C23S[C@@H]1CC3C. The Hall–Kier alpha value is -1.80. The van der Waals surface area contributed by atoms with Gasteiger partial charge in [0.15, 0.2) is 0 Å². The highest BCUT2D eigenvalue weighted by atomic mass is 32.2. The van der Waals surface area contributed by atoms with Crippen LogP contribution < -0.4 is 0 Å². The van der Waals surface area contributed by atoms with Crippen molar-refractivity contribution < 1.29 is 19.5 Å². The van der Waals surface area contributed by atoms with Crippen molar-refractivity contribution in [1.29, 1.82) is 0 Å². The van der Waals surface area contributed by atoms with Crippen molar-refractivity contribution in [3.8, 4) is 0 Å². The Morgan fingerprint density at radius 3 is 2.55 bits per heavy atom. The van der Waals surface area contributed by atoms with E-state index in [1.54, 1.807) is 40.8 Å². The van der Waals surface area contributed by atoms with E-state index >= 15 is 0 Å². The van der Waals surface area contributed by atoms with Gasteiger partial charge in [-0.15, -0.1) is 24.9 Å². The number of carbonyl (C=O) groups excluding carboxylic acids is 3. The molecule has 8 heteroatoms. The van der Waals surface area contributed by atoms with E-state index in [0.717, 1.165) is 19.3 Å². The van der Waals surface area contributed by atoms with Crippen LogP contribution in [0.1, 0.15) is 39.5 Å². The molecule has 7 nitrogen and oxygen atoms in total. The van der Waals surface area contributed by atoms with Crippen LogP contribution in [0.25, 0.3) is 0 Å². The number of fused-ring (bicyclic) bond motifs is 1. The summed E-state index contributed by atoms with van der Waals surface area (Å²) < 4.78 is -0.616. The highest BCUT2D eigenvalue weighted by molar-refractivity contribution is 8.02. The minimum Gasteiger partial charge on any atom is -0.396 e. The minimum absolute atomic E-state index is 0.0347. The molecule has 0 radical (unpaired) electrons. The Morgan fingerprint density at radius 1 is 1.24 bits per heavy atom. The first-order valence-electron chi connectivity index (χ1n) is 12.1. The summed E-state index contributed by atoms with van der Waals surface area (Å²) in [5, 5.41) is 9.52. The van der Waals surface area contributed by atoms with E-state index in [1.165, 1.54) is 0 Å². The number of nitrogens with zero attached hydrogens (tertiary/aromatic N) is 3. The van der Waals surface area contributed by atoms with E-state index in [4.69, 9.17) is 0 Å². The molecule has 2 bridgehead atoms. The van der Waals surface area contributed by atoms with Crippen LogP contribution >= 0.6 is 11.8 Å².